The van der Waals surface area contributed by atoms with Crippen LogP contribution in [0.1, 0.15) is 16.7 Å². The lowest BCUT2D eigenvalue weighted by Gasteiger charge is -2.17. The molecular formula is C10H14N2. The quantitative estimate of drug-likeness (QED) is 0.640. The van der Waals surface area contributed by atoms with E-state index in [2.05, 4.69) is 23.5 Å². The first-order valence-electron chi connectivity index (χ1n) is 4.41. The third-order valence-electron chi connectivity index (χ3n) is 2.39. The molecule has 0 spiro atoms. The largest absolute Gasteiger partial charge is 0.326 e. The number of fused-ring (bicyclic) bond motifs is 1. The van der Waals surface area contributed by atoms with E-state index < -0.39 is 0 Å². The van der Waals surface area contributed by atoms with E-state index in [1.807, 2.05) is 0 Å². The van der Waals surface area contributed by atoms with E-state index in [1.54, 1.807) is 0 Å². The van der Waals surface area contributed by atoms with Crippen molar-refractivity contribution in [2.75, 3.05) is 6.54 Å². The Balaban J connectivity index is 2.36. The standard InChI is InChI=1S/C10H14N2/c11-6-8-1-2-10-7-12-4-3-9(10)5-8/h1-2,5,12H,3-4,6-7,11H2. The number of benzene rings is 1. The van der Waals surface area contributed by atoms with Crippen molar-refractivity contribution in [3.05, 3.63) is 34.9 Å². The number of hydrogen-bond acceptors (Lipinski definition) is 2. The van der Waals surface area contributed by atoms with E-state index >= 15 is 0 Å². The van der Waals surface area contributed by atoms with Crippen LogP contribution in [0.5, 0.6) is 0 Å². The predicted molar refractivity (Wildman–Crippen MR) is 49.7 cm³/mol. The molecule has 0 aliphatic carbocycles. The van der Waals surface area contributed by atoms with Crippen molar-refractivity contribution < 1.29 is 0 Å². The van der Waals surface area contributed by atoms with Crippen LogP contribution < -0.4 is 11.1 Å². The molecule has 0 unspecified atom stereocenters. The second-order valence-corrected chi connectivity index (χ2v) is 3.23. The zero-order valence-corrected chi connectivity index (χ0v) is 7.14. The first kappa shape index (κ1) is 7.77. The number of nitrogens with one attached hydrogen (secondary N) is 1. The van der Waals surface area contributed by atoms with Crippen molar-refractivity contribution in [2.24, 2.45) is 5.73 Å². The maximum Gasteiger partial charge on any atom is 0.0208 e. The number of rotatable bonds is 1. The van der Waals surface area contributed by atoms with Crippen molar-refractivity contribution in [3.63, 3.8) is 0 Å². The molecule has 0 atom stereocenters. The lowest BCUT2D eigenvalue weighted by Crippen LogP contribution is -2.23. The minimum absolute atomic E-state index is 0.653. The Labute approximate surface area is 72.8 Å². The molecule has 2 rings (SSSR count). The summed E-state index contributed by atoms with van der Waals surface area (Å²) in [6.07, 6.45) is 1.14. The van der Waals surface area contributed by atoms with Crippen LogP contribution in [0.25, 0.3) is 0 Å². The molecule has 0 amide bonds. The van der Waals surface area contributed by atoms with Crippen LogP contribution in [0.15, 0.2) is 18.2 Å². The van der Waals surface area contributed by atoms with Gasteiger partial charge in [-0.1, -0.05) is 18.2 Å². The summed E-state index contributed by atoms with van der Waals surface area (Å²) in [5, 5.41) is 3.35. The second-order valence-electron chi connectivity index (χ2n) is 3.23. The van der Waals surface area contributed by atoms with Gasteiger partial charge in [0.05, 0.1) is 0 Å². The van der Waals surface area contributed by atoms with E-state index in [0.29, 0.717) is 6.54 Å². The SMILES string of the molecule is NCc1ccc2c(c1)CCNC2. The van der Waals surface area contributed by atoms with Crippen molar-refractivity contribution in [1.29, 1.82) is 0 Å². The summed E-state index contributed by atoms with van der Waals surface area (Å²) in [5.74, 6) is 0. The van der Waals surface area contributed by atoms with Crippen LogP contribution in [-0.2, 0) is 19.5 Å². The van der Waals surface area contributed by atoms with Crippen LogP contribution in [0, 0.1) is 0 Å². The summed E-state index contributed by atoms with van der Waals surface area (Å²) < 4.78 is 0. The van der Waals surface area contributed by atoms with Gasteiger partial charge in [-0.25, -0.2) is 0 Å². The number of nitrogens with two attached hydrogens (primary N) is 1. The highest BCUT2D eigenvalue weighted by molar-refractivity contribution is 5.33. The van der Waals surface area contributed by atoms with Gasteiger partial charge in [0.1, 0.15) is 0 Å². The van der Waals surface area contributed by atoms with Gasteiger partial charge in [-0.2, -0.15) is 0 Å². The van der Waals surface area contributed by atoms with Gasteiger partial charge in [-0.3, -0.25) is 0 Å². The highest BCUT2D eigenvalue weighted by atomic mass is 14.9. The fourth-order valence-electron chi connectivity index (χ4n) is 1.66. The molecule has 0 saturated carbocycles. The summed E-state index contributed by atoms with van der Waals surface area (Å²) in [4.78, 5) is 0. The first-order valence-corrected chi connectivity index (χ1v) is 4.41. The molecule has 0 bridgehead atoms. The Morgan fingerprint density at radius 2 is 2.25 bits per heavy atom. The van der Waals surface area contributed by atoms with Crippen LogP contribution in [0.2, 0.25) is 0 Å². The van der Waals surface area contributed by atoms with Crippen LogP contribution in [0.4, 0.5) is 0 Å². The molecule has 12 heavy (non-hydrogen) atoms. The molecule has 0 saturated heterocycles. The predicted octanol–water partition coefficient (Wildman–Crippen LogP) is 0.791. The Hall–Kier alpha value is -0.860. The molecule has 1 heterocycles. The highest BCUT2D eigenvalue weighted by Crippen LogP contribution is 2.15. The Morgan fingerprint density at radius 1 is 1.33 bits per heavy atom. The van der Waals surface area contributed by atoms with E-state index in [9.17, 15) is 0 Å². The van der Waals surface area contributed by atoms with Crippen LogP contribution in [0.3, 0.4) is 0 Å². The van der Waals surface area contributed by atoms with Gasteiger partial charge in [0, 0.05) is 13.1 Å². The van der Waals surface area contributed by atoms with E-state index in [0.717, 1.165) is 19.5 Å². The molecule has 2 nitrogen and oxygen atoms in total. The normalized spacial score (nSPS) is 15.8. The zero-order chi connectivity index (χ0) is 8.39. The van der Waals surface area contributed by atoms with Crippen molar-refractivity contribution in [3.8, 4) is 0 Å². The zero-order valence-electron chi connectivity index (χ0n) is 7.14. The average molecular weight is 162 g/mol. The van der Waals surface area contributed by atoms with E-state index in [1.165, 1.54) is 16.7 Å². The van der Waals surface area contributed by atoms with Crippen molar-refractivity contribution in [2.45, 2.75) is 19.5 Å². The maximum absolute atomic E-state index is 5.57. The van der Waals surface area contributed by atoms with Gasteiger partial charge in [0.25, 0.3) is 0 Å². The lowest BCUT2D eigenvalue weighted by molar-refractivity contribution is 0.643. The third kappa shape index (κ3) is 1.36. The van der Waals surface area contributed by atoms with Gasteiger partial charge >= 0.3 is 0 Å². The molecule has 0 fully saturated rings. The minimum atomic E-state index is 0.653. The topological polar surface area (TPSA) is 38.0 Å². The Bertz CT molecular complexity index is 281. The molecule has 1 aliphatic rings. The van der Waals surface area contributed by atoms with Crippen molar-refractivity contribution in [1.82, 2.24) is 5.32 Å². The highest BCUT2D eigenvalue weighted by Gasteiger charge is 2.07. The molecule has 0 radical (unpaired) electrons. The Kier molecular flexibility index (Phi) is 2.11. The summed E-state index contributed by atoms with van der Waals surface area (Å²) in [5.41, 5.74) is 9.71. The van der Waals surface area contributed by atoms with Crippen LogP contribution in [-0.4, -0.2) is 6.54 Å². The van der Waals surface area contributed by atoms with E-state index in [4.69, 9.17) is 5.73 Å². The minimum Gasteiger partial charge on any atom is -0.326 e. The fraction of sp³-hybridized carbons (Fsp3) is 0.400. The summed E-state index contributed by atoms with van der Waals surface area (Å²) in [6.45, 7) is 2.77. The second kappa shape index (κ2) is 3.25. The molecule has 1 aromatic rings. The Morgan fingerprint density at radius 3 is 3.08 bits per heavy atom. The monoisotopic (exact) mass is 162 g/mol. The van der Waals surface area contributed by atoms with Gasteiger partial charge in [0.2, 0.25) is 0 Å². The molecule has 64 valence electrons. The molecule has 1 aliphatic heterocycles. The smallest absolute Gasteiger partial charge is 0.0208 e. The van der Waals surface area contributed by atoms with Gasteiger partial charge < -0.3 is 11.1 Å². The molecule has 3 N–H and O–H groups in total. The molecule has 0 aromatic heterocycles. The van der Waals surface area contributed by atoms with Gasteiger partial charge in [0.15, 0.2) is 0 Å². The summed E-state index contributed by atoms with van der Waals surface area (Å²) in [7, 11) is 0. The lowest BCUT2D eigenvalue weighted by atomic mass is 9.98. The van der Waals surface area contributed by atoms with Crippen molar-refractivity contribution >= 4 is 0 Å². The molecule has 2 heteroatoms. The van der Waals surface area contributed by atoms with E-state index in [-0.39, 0.29) is 0 Å². The summed E-state index contributed by atoms with van der Waals surface area (Å²) >= 11 is 0. The van der Waals surface area contributed by atoms with Gasteiger partial charge in [-0.05, 0) is 29.7 Å². The summed E-state index contributed by atoms with van der Waals surface area (Å²) in [6, 6.07) is 6.53. The molecular weight excluding hydrogens is 148 g/mol. The number of hydrogen-bond donors (Lipinski definition) is 2. The van der Waals surface area contributed by atoms with Gasteiger partial charge in [-0.15, -0.1) is 0 Å². The molecule has 1 aromatic carbocycles. The fourth-order valence-corrected chi connectivity index (χ4v) is 1.66. The maximum atomic E-state index is 5.57. The third-order valence-corrected chi connectivity index (χ3v) is 2.39. The first-order chi connectivity index (χ1) is 5.90. The average Bonchev–Trinajstić information content (AvgIpc) is 2.17. The van der Waals surface area contributed by atoms with Crippen LogP contribution >= 0.6 is 0 Å².